The van der Waals surface area contributed by atoms with Crippen LogP contribution in [0.4, 0.5) is 5.69 Å². The molecule has 0 aliphatic heterocycles. The van der Waals surface area contributed by atoms with E-state index in [-0.39, 0.29) is 12.4 Å². The summed E-state index contributed by atoms with van der Waals surface area (Å²) in [6, 6.07) is 13.6. The summed E-state index contributed by atoms with van der Waals surface area (Å²) in [7, 11) is 0. The first-order valence-electron chi connectivity index (χ1n) is 4.29. The van der Waals surface area contributed by atoms with Crippen LogP contribution in [-0.2, 0) is 0 Å². The third-order valence-corrected chi connectivity index (χ3v) is 2.67. The predicted octanol–water partition coefficient (Wildman–Crippen LogP) is 3.21. The van der Waals surface area contributed by atoms with Crippen molar-refractivity contribution in [1.82, 2.24) is 0 Å². The van der Waals surface area contributed by atoms with E-state index in [9.17, 15) is 0 Å². The second-order valence-corrected chi connectivity index (χ2v) is 3.76. The summed E-state index contributed by atoms with van der Waals surface area (Å²) in [6.45, 7) is 0. The lowest BCUT2D eigenvalue weighted by atomic mass is 10.3. The maximum Gasteiger partial charge on any atom is 0.141 e. The van der Waals surface area contributed by atoms with Crippen molar-refractivity contribution in [3.8, 4) is 0 Å². The molecule has 4 heteroatoms. The van der Waals surface area contributed by atoms with Gasteiger partial charge in [-0.05, 0) is 23.6 Å². The topological polar surface area (TPSA) is 38.4 Å². The van der Waals surface area contributed by atoms with Crippen molar-refractivity contribution in [2.75, 3.05) is 0 Å². The van der Waals surface area contributed by atoms with Crippen LogP contribution < -0.4 is 5.73 Å². The van der Waals surface area contributed by atoms with Crippen LogP contribution in [0.3, 0.4) is 0 Å². The van der Waals surface area contributed by atoms with Gasteiger partial charge in [-0.2, -0.15) is 0 Å². The van der Waals surface area contributed by atoms with Gasteiger partial charge in [-0.25, -0.2) is 4.99 Å². The number of nitrogens with zero attached hydrogens (tertiary/aromatic N) is 1. The summed E-state index contributed by atoms with van der Waals surface area (Å²) in [5.41, 5.74) is 6.72. The van der Waals surface area contributed by atoms with Crippen LogP contribution in [0, 0.1) is 0 Å². The Kier molecular flexibility index (Phi) is 4.34. The van der Waals surface area contributed by atoms with Crippen LogP contribution in [0.2, 0.25) is 0 Å². The van der Waals surface area contributed by atoms with Gasteiger partial charge >= 0.3 is 0 Å². The molecule has 78 valence electrons. The summed E-state index contributed by atoms with van der Waals surface area (Å²) < 4.78 is 0. The number of para-hydroxylation sites is 1. The third kappa shape index (κ3) is 3.08. The Morgan fingerprint density at radius 3 is 2.40 bits per heavy atom. The third-order valence-electron chi connectivity index (χ3n) is 1.78. The summed E-state index contributed by atoms with van der Waals surface area (Å²) in [6.07, 6.45) is 0. The first-order valence-corrected chi connectivity index (χ1v) is 5.17. The van der Waals surface area contributed by atoms with Crippen LogP contribution in [0.15, 0.2) is 52.8 Å². The average molecular weight is 239 g/mol. The van der Waals surface area contributed by atoms with Crippen molar-refractivity contribution < 1.29 is 0 Å². The van der Waals surface area contributed by atoms with E-state index in [1.807, 2.05) is 47.8 Å². The number of amidine groups is 1. The molecule has 2 N–H and O–H groups in total. The number of benzene rings is 1. The first kappa shape index (κ1) is 11.8. The molecular weight excluding hydrogens is 228 g/mol. The van der Waals surface area contributed by atoms with Gasteiger partial charge in [0.1, 0.15) is 5.84 Å². The van der Waals surface area contributed by atoms with Crippen molar-refractivity contribution in [1.29, 1.82) is 0 Å². The Morgan fingerprint density at radius 1 is 1.07 bits per heavy atom. The van der Waals surface area contributed by atoms with E-state index in [0.29, 0.717) is 5.84 Å². The minimum atomic E-state index is 0. The Balaban J connectivity index is 0.00000112. The van der Waals surface area contributed by atoms with Gasteiger partial charge in [0.2, 0.25) is 0 Å². The molecule has 0 saturated carbocycles. The van der Waals surface area contributed by atoms with E-state index < -0.39 is 0 Å². The van der Waals surface area contributed by atoms with Gasteiger partial charge in [-0.3, -0.25) is 0 Å². The monoisotopic (exact) mass is 238 g/mol. The van der Waals surface area contributed by atoms with Crippen molar-refractivity contribution in [2.45, 2.75) is 0 Å². The number of hydrogen-bond donors (Lipinski definition) is 1. The maximum atomic E-state index is 5.83. The molecule has 0 atom stereocenters. The average Bonchev–Trinajstić information content (AvgIpc) is 2.72. The molecule has 0 aliphatic rings. The molecule has 0 aliphatic carbocycles. The number of halogens is 1. The second kappa shape index (κ2) is 5.53. The minimum Gasteiger partial charge on any atom is -0.383 e. The van der Waals surface area contributed by atoms with E-state index in [4.69, 9.17) is 5.73 Å². The molecular formula is C11H11ClN2S. The largest absolute Gasteiger partial charge is 0.383 e. The van der Waals surface area contributed by atoms with Gasteiger partial charge in [0.25, 0.3) is 0 Å². The second-order valence-electron chi connectivity index (χ2n) is 2.81. The zero-order chi connectivity index (χ0) is 9.80. The molecule has 1 aromatic carbocycles. The highest BCUT2D eigenvalue weighted by molar-refractivity contribution is 7.12. The SMILES string of the molecule is Cl.NC(=Nc1ccccc1)c1cccs1. The molecule has 2 aromatic rings. The maximum absolute atomic E-state index is 5.83. The Bertz CT molecular complexity index is 423. The molecule has 1 heterocycles. The van der Waals surface area contributed by atoms with Crippen molar-refractivity contribution in [2.24, 2.45) is 10.7 Å². The number of thiophene rings is 1. The number of rotatable bonds is 2. The van der Waals surface area contributed by atoms with E-state index in [0.717, 1.165) is 10.6 Å². The van der Waals surface area contributed by atoms with Crippen LogP contribution in [-0.4, -0.2) is 5.84 Å². The molecule has 1 aromatic heterocycles. The number of hydrogen-bond acceptors (Lipinski definition) is 2. The summed E-state index contributed by atoms with van der Waals surface area (Å²) in [5.74, 6) is 0.575. The lowest BCUT2D eigenvalue weighted by Gasteiger charge is -1.96. The van der Waals surface area contributed by atoms with Crippen LogP contribution in [0.5, 0.6) is 0 Å². The molecule has 2 rings (SSSR count). The standard InChI is InChI=1S/C11H10N2S.ClH/c12-11(10-7-4-8-14-10)13-9-5-2-1-3-6-9;/h1-8H,(H2,12,13);1H. The highest BCUT2D eigenvalue weighted by Gasteiger charge is 1.98. The highest BCUT2D eigenvalue weighted by Crippen LogP contribution is 2.13. The summed E-state index contributed by atoms with van der Waals surface area (Å²) in [5, 5.41) is 1.99. The summed E-state index contributed by atoms with van der Waals surface area (Å²) >= 11 is 1.59. The fraction of sp³-hybridized carbons (Fsp3) is 0. The number of aliphatic imine (C=N–C) groups is 1. The van der Waals surface area contributed by atoms with Gasteiger partial charge in [0.05, 0.1) is 10.6 Å². The predicted molar refractivity (Wildman–Crippen MR) is 68.4 cm³/mol. The molecule has 0 spiro atoms. The van der Waals surface area contributed by atoms with E-state index >= 15 is 0 Å². The van der Waals surface area contributed by atoms with Gasteiger partial charge < -0.3 is 5.73 Å². The highest BCUT2D eigenvalue weighted by atomic mass is 35.5. The first-order chi connectivity index (χ1) is 6.86. The van der Waals surface area contributed by atoms with Crippen molar-refractivity contribution in [3.05, 3.63) is 52.7 Å². The normalized spacial score (nSPS) is 10.8. The Morgan fingerprint density at radius 2 is 1.80 bits per heavy atom. The molecule has 0 saturated heterocycles. The Labute approximate surface area is 98.9 Å². The molecule has 15 heavy (non-hydrogen) atoms. The molecule has 0 fully saturated rings. The number of nitrogens with two attached hydrogens (primary N) is 1. The van der Waals surface area contributed by atoms with Gasteiger partial charge in [0.15, 0.2) is 0 Å². The molecule has 0 amide bonds. The lowest BCUT2D eigenvalue weighted by molar-refractivity contribution is 1.48. The van der Waals surface area contributed by atoms with E-state index in [2.05, 4.69) is 4.99 Å². The van der Waals surface area contributed by atoms with Gasteiger partial charge in [0, 0.05) is 0 Å². The van der Waals surface area contributed by atoms with Gasteiger partial charge in [-0.1, -0.05) is 24.3 Å². The van der Waals surface area contributed by atoms with E-state index in [1.54, 1.807) is 11.3 Å². The van der Waals surface area contributed by atoms with Crippen molar-refractivity contribution >= 4 is 35.3 Å². The fourth-order valence-corrected chi connectivity index (χ4v) is 1.75. The molecule has 2 nitrogen and oxygen atoms in total. The zero-order valence-electron chi connectivity index (χ0n) is 7.96. The van der Waals surface area contributed by atoms with Crippen LogP contribution in [0.1, 0.15) is 4.88 Å². The van der Waals surface area contributed by atoms with Gasteiger partial charge in [-0.15, -0.1) is 23.7 Å². The zero-order valence-corrected chi connectivity index (χ0v) is 9.59. The van der Waals surface area contributed by atoms with Crippen LogP contribution in [0.25, 0.3) is 0 Å². The summed E-state index contributed by atoms with van der Waals surface area (Å²) in [4.78, 5) is 5.31. The smallest absolute Gasteiger partial charge is 0.141 e. The van der Waals surface area contributed by atoms with Crippen LogP contribution >= 0.6 is 23.7 Å². The minimum absolute atomic E-state index is 0. The fourth-order valence-electron chi connectivity index (χ4n) is 1.12. The quantitative estimate of drug-likeness (QED) is 0.633. The molecule has 0 unspecified atom stereocenters. The van der Waals surface area contributed by atoms with E-state index in [1.165, 1.54) is 0 Å². The molecule has 0 radical (unpaired) electrons. The molecule has 0 bridgehead atoms. The lowest BCUT2D eigenvalue weighted by Crippen LogP contribution is -2.10. The Hall–Kier alpha value is -1.32. The van der Waals surface area contributed by atoms with Crippen molar-refractivity contribution in [3.63, 3.8) is 0 Å².